The van der Waals surface area contributed by atoms with Crippen LogP contribution in [0, 0.1) is 0 Å². The van der Waals surface area contributed by atoms with Crippen LogP contribution in [0.1, 0.15) is 0 Å². The van der Waals surface area contributed by atoms with Gasteiger partial charge in [-0.1, -0.05) is 0 Å². The van der Waals surface area contributed by atoms with Gasteiger partial charge in [0.15, 0.2) is 0 Å². The first kappa shape index (κ1) is 8.87. The molecule has 0 unspecified atom stereocenters. The summed E-state index contributed by atoms with van der Waals surface area (Å²) in [7, 11) is 0. The molecule has 5 heavy (non-hydrogen) atoms. The van der Waals surface area contributed by atoms with Crippen molar-refractivity contribution in [1.29, 1.82) is 0 Å². The van der Waals surface area contributed by atoms with E-state index in [0.29, 0.717) is 0 Å². The van der Waals surface area contributed by atoms with Crippen molar-refractivity contribution in [3.8, 4) is 0 Å². The van der Waals surface area contributed by atoms with Crippen LogP contribution >= 0.6 is 0 Å². The fraction of sp³-hybridized carbons (Fsp3) is 0. The minimum Gasteiger partial charge on any atom is -0.412 e. The normalized spacial score (nSPS) is 4.80. The maximum absolute atomic E-state index is 9.00. The second kappa shape index (κ2) is 3.23. The van der Waals surface area contributed by atoms with E-state index in [4.69, 9.17) is 4.79 Å². The highest BCUT2D eigenvalue weighted by molar-refractivity contribution is 5.69. The molecule has 0 heterocycles. The Morgan fingerprint density at radius 3 is 1.40 bits per heavy atom. The number of nitrogens with two attached hydrogens (primary N) is 2. The van der Waals surface area contributed by atoms with E-state index in [1.165, 1.54) is 0 Å². The minimum absolute atomic E-state index is 0. The van der Waals surface area contributed by atoms with Crippen molar-refractivity contribution in [2.45, 2.75) is 0 Å². The summed E-state index contributed by atoms with van der Waals surface area (Å²) >= 11 is 0. The van der Waals surface area contributed by atoms with Crippen LogP contribution in [-0.2, 0) is 0 Å². The fourth-order valence-corrected chi connectivity index (χ4v) is 0. The largest absolute Gasteiger partial charge is 0.412 e. The summed E-state index contributed by atoms with van der Waals surface area (Å²) in [5.74, 6) is 0. The number of urea groups is 1. The molecule has 0 radical (unpaired) electrons. The van der Waals surface area contributed by atoms with E-state index in [2.05, 4.69) is 11.5 Å². The second-order valence-corrected chi connectivity index (χ2v) is 0.402. The summed E-state index contributed by atoms with van der Waals surface area (Å²) < 4.78 is 0. The summed E-state index contributed by atoms with van der Waals surface area (Å²) in [5, 5.41) is 0. The van der Waals surface area contributed by atoms with E-state index in [1.807, 2.05) is 0 Å². The molecule has 0 fully saturated rings. The average Bonchev–Trinajstić information content (AvgIpc) is 0.811. The van der Waals surface area contributed by atoms with Crippen molar-refractivity contribution in [2.24, 2.45) is 11.5 Å². The first-order valence-corrected chi connectivity index (χ1v) is 0.781. The van der Waals surface area contributed by atoms with E-state index in [1.54, 1.807) is 0 Å². The van der Waals surface area contributed by atoms with Crippen molar-refractivity contribution >= 4 is 6.03 Å². The monoisotopic (exact) mass is 78.0 g/mol. The van der Waals surface area contributed by atoms with E-state index in [0.717, 1.165) is 0 Å². The van der Waals surface area contributed by atoms with Gasteiger partial charge in [-0.3, -0.25) is 0 Å². The summed E-state index contributed by atoms with van der Waals surface area (Å²) in [6, 6.07) is -0.833. The molecule has 0 atom stereocenters. The predicted molar refractivity (Wildman–Crippen MR) is 17.4 cm³/mol. The summed E-state index contributed by atoms with van der Waals surface area (Å²) in [6.07, 6.45) is 0. The van der Waals surface area contributed by atoms with E-state index >= 15 is 0 Å². The van der Waals surface area contributed by atoms with Crippen molar-refractivity contribution in [1.82, 2.24) is 0 Å². The van der Waals surface area contributed by atoms with Gasteiger partial charge in [0, 0.05) is 0 Å². The van der Waals surface area contributed by atoms with Gasteiger partial charge in [0.05, 0.1) is 0 Å². The van der Waals surface area contributed by atoms with Crippen molar-refractivity contribution < 1.29 is 10.3 Å². The van der Waals surface area contributed by atoms with Crippen LogP contribution in [0.5, 0.6) is 0 Å². The number of rotatable bonds is 0. The highest BCUT2D eigenvalue weighted by Gasteiger charge is 1.60. The van der Waals surface area contributed by atoms with Gasteiger partial charge in [-0.15, -0.1) is 0 Å². The van der Waals surface area contributed by atoms with Crippen molar-refractivity contribution in [3.63, 3.8) is 0 Å². The number of carbonyl (C=O) groups is 1. The predicted octanol–water partition coefficient (Wildman–Crippen LogP) is -1.80. The Kier molecular flexibility index (Phi) is 5.73. The van der Waals surface area contributed by atoms with Crippen LogP contribution in [0.2, 0.25) is 0 Å². The van der Waals surface area contributed by atoms with Crippen molar-refractivity contribution in [3.05, 3.63) is 0 Å². The molecule has 0 aliphatic carbocycles. The molecule has 0 spiro atoms. The molecule has 0 aromatic carbocycles. The lowest BCUT2D eigenvalue weighted by atomic mass is 11.2. The number of hydrogen-bond donors (Lipinski definition) is 2. The number of amides is 2. The van der Waals surface area contributed by atoms with Gasteiger partial charge in [-0.25, -0.2) is 4.79 Å². The molecule has 0 aliphatic heterocycles. The number of hydrogen-bond acceptors (Lipinski definition) is 1. The van der Waals surface area contributed by atoms with Gasteiger partial charge >= 0.3 is 6.03 Å². The lowest BCUT2D eigenvalue weighted by Gasteiger charge is -1.62. The molecule has 32 valence electrons. The molecule has 0 saturated heterocycles. The molecule has 0 aromatic rings. The van der Waals surface area contributed by atoms with E-state index in [9.17, 15) is 0 Å². The van der Waals surface area contributed by atoms with Crippen LogP contribution in [0.15, 0.2) is 0 Å². The second-order valence-electron chi connectivity index (χ2n) is 0.402. The van der Waals surface area contributed by atoms with Crippen LogP contribution in [0.3, 0.4) is 0 Å². The van der Waals surface area contributed by atoms with E-state index in [-0.39, 0.29) is 5.48 Å². The molecular formula is CH6N2O2. The zero-order valence-electron chi connectivity index (χ0n) is 2.56. The molecular weight excluding hydrogens is 72.0 g/mol. The molecule has 2 amide bonds. The molecule has 0 aromatic heterocycles. The topological polar surface area (TPSA) is 101 Å². The third-order valence-corrected chi connectivity index (χ3v) is 0. The highest BCUT2D eigenvalue weighted by atomic mass is 16.2. The Balaban J connectivity index is 0. The Labute approximate surface area is 29.1 Å². The summed E-state index contributed by atoms with van der Waals surface area (Å²) in [6.45, 7) is 0. The maximum atomic E-state index is 9.00. The van der Waals surface area contributed by atoms with Gasteiger partial charge in [0.1, 0.15) is 0 Å². The maximum Gasteiger partial charge on any atom is 0.309 e. The Hall–Kier alpha value is -0.770. The third-order valence-electron chi connectivity index (χ3n) is 0. The first-order chi connectivity index (χ1) is 1.73. The molecule has 6 N–H and O–H groups in total. The molecule has 0 saturated carbocycles. The van der Waals surface area contributed by atoms with Gasteiger partial charge < -0.3 is 16.9 Å². The first-order valence-electron chi connectivity index (χ1n) is 0.781. The Morgan fingerprint density at radius 1 is 1.40 bits per heavy atom. The van der Waals surface area contributed by atoms with Crippen LogP contribution < -0.4 is 11.5 Å². The zero-order valence-corrected chi connectivity index (χ0v) is 2.56. The number of primary amides is 2. The van der Waals surface area contributed by atoms with Crippen LogP contribution in [0.25, 0.3) is 0 Å². The highest BCUT2D eigenvalue weighted by Crippen LogP contribution is 1.25. The lowest BCUT2D eigenvalue weighted by Crippen LogP contribution is -2.18. The average molecular weight is 78.1 g/mol. The Morgan fingerprint density at radius 2 is 1.40 bits per heavy atom. The van der Waals surface area contributed by atoms with Gasteiger partial charge in [0.2, 0.25) is 0 Å². The third kappa shape index (κ3) is 8.24. The minimum atomic E-state index is -0.833. The van der Waals surface area contributed by atoms with Gasteiger partial charge in [0.25, 0.3) is 0 Å². The molecule has 0 rings (SSSR count). The van der Waals surface area contributed by atoms with Crippen molar-refractivity contribution in [2.75, 3.05) is 0 Å². The van der Waals surface area contributed by atoms with Crippen LogP contribution in [-0.4, -0.2) is 11.5 Å². The van der Waals surface area contributed by atoms with Crippen LogP contribution in [0.4, 0.5) is 4.79 Å². The molecule has 0 aliphatic rings. The fourth-order valence-electron chi connectivity index (χ4n) is 0. The summed E-state index contributed by atoms with van der Waals surface area (Å²) in [4.78, 5) is 9.00. The summed E-state index contributed by atoms with van der Waals surface area (Å²) in [5.41, 5.74) is 8.50. The standard InChI is InChI=1S/CH4N2O.H2O/c2-1(3)4;/h(H4,2,3,4);1H2. The smallest absolute Gasteiger partial charge is 0.309 e. The van der Waals surface area contributed by atoms with E-state index < -0.39 is 6.03 Å². The lowest BCUT2D eigenvalue weighted by molar-refractivity contribution is 0.256. The number of carbonyl (C=O) groups excluding carboxylic acids is 1. The van der Waals surface area contributed by atoms with Gasteiger partial charge in [-0.2, -0.15) is 0 Å². The SMILES string of the molecule is NC(N)=O.O. The van der Waals surface area contributed by atoms with Gasteiger partial charge in [-0.05, 0) is 0 Å². The quantitative estimate of drug-likeness (QED) is 0.351. The molecule has 4 heteroatoms. The Bertz CT molecular complexity index is 30.6. The molecule has 4 nitrogen and oxygen atoms in total. The zero-order chi connectivity index (χ0) is 3.58. The molecule has 0 bridgehead atoms.